The molecule has 2 aliphatic rings. The predicted molar refractivity (Wildman–Crippen MR) is 106 cm³/mol. The molecule has 0 radical (unpaired) electrons. The Morgan fingerprint density at radius 2 is 2.15 bits per heavy atom. The Labute approximate surface area is 161 Å². The van der Waals surface area contributed by atoms with Crippen molar-refractivity contribution in [2.24, 2.45) is 4.99 Å². The number of anilines is 1. The molecule has 2 saturated heterocycles. The zero-order valence-corrected chi connectivity index (χ0v) is 16.3. The number of rotatable bonds is 5. The first-order valence-electron chi connectivity index (χ1n) is 9.64. The van der Waals surface area contributed by atoms with E-state index in [0.29, 0.717) is 0 Å². The number of likely N-dealkylation sites (N-methyl/N-ethyl adjacent to an activating group) is 1. The number of hydrogen-bond acceptors (Lipinski definition) is 5. The molecule has 0 aliphatic carbocycles. The molecule has 0 bridgehead atoms. The number of nitrogens with one attached hydrogen (secondary N) is 1. The number of ether oxygens (including phenoxy) is 1. The summed E-state index contributed by atoms with van der Waals surface area (Å²) < 4.78 is 5.70. The van der Waals surface area contributed by atoms with Gasteiger partial charge in [-0.05, 0) is 25.0 Å². The lowest BCUT2D eigenvalue weighted by molar-refractivity contribution is -0.127. The van der Waals surface area contributed by atoms with E-state index in [4.69, 9.17) is 4.74 Å². The monoisotopic (exact) mass is 374 g/mol. The van der Waals surface area contributed by atoms with E-state index in [9.17, 15) is 4.79 Å². The Morgan fingerprint density at radius 1 is 1.33 bits per heavy atom. The van der Waals surface area contributed by atoms with Gasteiger partial charge < -0.3 is 24.8 Å². The van der Waals surface area contributed by atoms with Crippen LogP contribution in [0, 0.1) is 0 Å². The molecule has 2 aliphatic heterocycles. The topological polar surface area (TPSA) is 73.3 Å². The largest absolute Gasteiger partial charge is 0.376 e. The smallest absolute Gasteiger partial charge is 0.243 e. The van der Waals surface area contributed by atoms with Crippen molar-refractivity contribution in [1.82, 2.24) is 20.1 Å². The molecule has 0 spiro atoms. The highest BCUT2D eigenvalue weighted by molar-refractivity contribution is 5.85. The summed E-state index contributed by atoms with van der Waals surface area (Å²) in [7, 11) is 3.51. The molecule has 0 saturated carbocycles. The molecular weight excluding hydrogens is 344 g/mol. The summed E-state index contributed by atoms with van der Waals surface area (Å²) in [6.45, 7) is 5.14. The van der Waals surface area contributed by atoms with Crippen LogP contribution in [0.25, 0.3) is 0 Å². The number of piperazine rings is 1. The number of amides is 1. The minimum absolute atomic E-state index is 0.00135. The van der Waals surface area contributed by atoms with E-state index in [1.807, 2.05) is 24.4 Å². The molecule has 1 atom stereocenters. The third kappa shape index (κ3) is 5.56. The van der Waals surface area contributed by atoms with Gasteiger partial charge in [0.1, 0.15) is 12.4 Å². The second-order valence-electron chi connectivity index (χ2n) is 7.11. The van der Waals surface area contributed by atoms with Gasteiger partial charge in [0, 0.05) is 59.6 Å². The number of carbonyl (C=O) groups excluding carboxylic acids is 1. The lowest BCUT2D eigenvalue weighted by atomic mass is 10.2. The Kier molecular flexibility index (Phi) is 6.86. The van der Waals surface area contributed by atoms with E-state index in [1.165, 1.54) is 0 Å². The molecule has 3 rings (SSSR count). The Hall–Kier alpha value is -2.35. The summed E-state index contributed by atoms with van der Waals surface area (Å²) in [5, 5.41) is 3.43. The highest BCUT2D eigenvalue weighted by Gasteiger charge is 2.22. The third-order valence-corrected chi connectivity index (χ3v) is 4.93. The van der Waals surface area contributed by atoms with Crippen LogP contribution in [0.2, 0.25) is 0 Å². The SMILES string of the molecule is CN(C)C(=O)CN=C(NCC1CCCO1)N1CCN(c2ccccn2)CC1. The predicted octanol–water partition coefficient (Wildman–Crippen LogP) is 0.416. The minimum atomic E-state index is -0.00135. The van der Waals surface area contributed by atoms with Crippen LogP contribution in [-0.4, -0.2) is 92.7 Å². The number of aliphatic imine (C=N–C) groups is 1. The fourth-order valence-electron chi connectivity index (χ4n) is 3.25. The van der Waals surface area contributed by atoms with Crippen molar-refractivity contribution in [3.63, 3.8) is 0 Å². The first-order chi connectivity index (χ1) is 13.1. The molecule has 1 aromatic rings. The molecule has 148 valence electrons. The Morgan fingerprint density at radius 3 is 2.78 bits per heavy atom. The number of hydrogen-bond donors (Lipinski definition) is 1. The fourth-order valence-corrected chi connectivity index (χ4v) is 3.25. The zero-order chi connectivity index (χ0) is 19.1. The van der Waals surface area contributed by atoms with Crippen LogP contribution < -0.4 is 10.2 Å². The zero-order valence-electron chi connectivity index (χ0n) is 16.3. The van der Waals surface area contributed by atoms with Crippen LogP contribution in [-0.2, 0) is 9.53 Å². The van der Waals surface area contributed by atoms with E-state index in [-0.39, 0.29) is 18.6 Å². The van der Waals surface area contributed by atoms with Crippen molar-refractivity contribution in [2.75, 3.05) is 64.9 Å². The Bertz CT molecular complexity index is 622. The highest BCUT2D eigenvalue weighted by atomic mass is 16.5. The first-order valence-corrected chi connectivity index (χ1v) is 9.64. The number of nitrogens with zero attached hydrogens (tertiary/aromatic N) is 5. The molecule has 2 fully saturated rings. The van der Waals surface area contributed by atoms with Gasteiger partial charge in [-0.25, -0.2) is 9.98 Å². The van der Waals surface area contributed by atoms with Crippen molar-refractivity contribution in [3.8, 4) is 0 Å². The molecule has 8 nitrogen and oxygen atoms in total. The molecule has 1 aromatic heterocycles. The summed E-state index contributed by atoms with van der Waals surface area (Å²) in [6.07, 6.45) is 4.24. The van der Waals surface area contributed by atoms with Crippen LogP contribution in [0.3, 0.4) is 0 Å². The van der Waals surface area contributed by atoms with Gasteiger partial charge >= 0.3 is 0 Å². The quantitative estimate of drug-likeness (QED) is 0.595. The van der Waals surface area contributed by atoms with Crippen LogP contribution in [0.5, 0.6) is 0 Å². The number of guanidine groups is 1. The van der Waals surface area contributed by atoms with Crippen molar-refractivity contribution >= 4 is 17.7 Å². The number of pyridine rings is 1. The van der Waals surface area contributed by atoms with Gasteiger partial charge in [0.15, 0.2) is 5.96 Å². The second kappa shape index (κ2) is 9.55. The summed E-state index contributed by atoms with van der Waals surface area (Å²) in [6, 6.07) is 5.98. The summed E-state index contributed by atoms with van der Waals surface area (Å²) >= 11 is 0. The van der Waals surface area contributed by atoms with E-state index < -0.39 is 0 Å². The maximum atomic E-state index is 12.0. The molecule has 3 heterocycles. The van der Waals surface area contributed by atoms with Gasteiger partial charge in [-0.15, -0.1) is 0 Å². The van der Waals surface area contributed by atoms with Gasteiger partial charge in [0.05, 0.1) is 6.10 Å². The van der Waals surface area contributed by atoms with Crippen LogP contribution in [0.15, 0.2) is 29.4 Å². The molecule has 0 aromatic carbocycles. The summed E-state index contributed by atoms with van der Waals surface area (Å²) in [5.74, 6) is 1.80. The van der Waals surface area contributed by atoms with E-state index >= 15 is 0 Å². The molecule has 27 heavy (non-hydrogen) atoms. The van der Waals surface area contributed by atoms with Crippen LogP contribution in [0.1, 0.15) is 12.8 Å². The normalized spacial score (nSPS) is 20.7. The minimum Gasteiger partial charge on any atom is -0.376 e. The standard InChI is InChI=1S/C19H30N6O2/c1-23(2)18(26)15-22-19(21-14-16-6-5-13-27-16)25-11-9-24(10-12-25)17-7-3-4-8-20-17/h3-4,7-8,16H,5-6,9-15H2,1-2H3,(H,21,22). The maximum Gasteiger partial charge on any atom is 0.243 e. The fraction of sp³-hybridized carbons (Fsp3) is 0.632. The van der Waals surface area contributed by atoms with Crippen LogP contribution >= 0.6 is 0 Å². The second-order valence-corrected chi connectivity index (χ2v) is 7.11. The number of carbonyl (C=O) groups is 1. The maximum absolute atomic E-state index is 12.0. The van der Waals surface area contributed by atoms with Gasteiger partial charge in [-0.2, -0.15) is 0 Å². The molecule has 8 heteroatoms. The van der Waals surface area contributed by atoms with E-state index in [1.54, 1.807) is 19.0 Å². The molecule has 1 amide bonds. The van der Waals surface area contributed by atoms with Crippen LogP contribution in [0.4, 0.5) is 5.82 Å². The van der Waals surface area contributed by atoms with Gasteiger partial charge in [-0.3, -0.25) is 4.79 Å². The van der Waals surface area contributed by atoms with Gasteiger partial charge in [0.2, 0.25) is 5.91 Å². The Balaban J connectivity index is 1.59. The first kappa shape index (κ1) is 19.4. The lowest BCUT2D eigenvalue weighted by Gasteiger charge is -2.37. The highest BCUT2D eigenvalue weighted by Crippen LogP contribution is 2.13. The third-order valence-electron chi connectivity index (χ3n) is 4.93. The van der Waals surface area contributed by atoms with E-state index in [0.717, 1.165) is 63.9 Å². The molecular formula is C19H30N6O2. The molecule has 1 N–H and O–H groups in total. The average molecular weight is 374 g/mol. The average Bonchev–Trinajstić information content (AvgIpc) is 3.22. The van der Waals surface area contributed by atoms with Gasteiger partial charge in [-0.1, -0.05) is 6.07 Å². The summed E-state index contributed by atoms with van der Waals surface area (Å²) in [5.41, 5.74) is 0. The van der Waals surface area contributed by atoms with Crippen molar-refractivity contribution in [1.29, 1.82) is 0 Å². The van der Waals surface area contributed by atoms with E-state index in [2.05, 4.69) is 25.1 Å². The lowest BCUT2D eigenvalue weighted by Crippen LogP contribution is -2.53. The van der Waals surface area contributed by atoms with Crippen molar-refractivity contribution in [3.05, 3.63) is 24.4 Å². The van der Waals surface area contributed by atoms with Crippen molar-refractivity contribution < 1.29 is 9.53 Å². The summed E-state index contributed by atoms with van der Waals surface area (Å²) in [4.78, 5) is 27.0. The number of aromatic nitrogens is 1. The molecule has 1 unspecified atom stereocenters. The van der Waals surface area contributed by atoms with Crippen molar-refractivity contribution in [2.45, 2.75) is 18.9 Å². The van der Waals surface area contributed by atoms with Gasteiger partial charge in [0.25, 0.3) is 0 Å².